The summed E-state index contributed by atoms with van der Waals surface area (Å²) in [5.41, 5.74) is 1.79. The first-order valence-corrected chi connectivity index (χ1v) is 6.00. The maximum absolute atomic E-state index is 5.88. The van der Waals surface area contributed by atoms with E-state index in [1.807, 2.05) is 12.3 Å². The van der Waals surface area contributed by atoms with Gasteiger partial charge in [0.2, 0.25) is 0 Å². The molecule has 16 heavy (non-hydrogen) atoms. The molecule has 0 aliphatic rings. The van der Waals surface area contributed by atoms with E-state index in [1.54, 1.807) is 21.9 Å². The van der Waals surface area contributed by atoms with E-state index in [9.17, 15) is 0 Å². The van der Waals surface area contributed by atoms with Crippen molar-refractivity contribution < 1.29 is 0 Å². The highest BCUT2D eigenvalue weighted by Crippen LogP contribution is 2.27. The molecule has 3 heterocycles. The van der Waals surface area contributed by atoms with Crippen LogP contribution in [0.1, 0.15) is 4.88 Å². The maximum atomic E-state index is 5.88. The number of imidazole rings is 1. The molecule has 80 valence electrons. The topological polar surface area (TPSA) is 30.2 Å². The first-order valence-electron chi connectivity index (χ1n) is 4.81. The third kappa shape index (κ3) is 1.50. The number of aryl methyl sites for hydroxylation is 1. The van der Waals surface area contributed by atoms with Crippen LogP contribution in [0, 0.1) is 6.92 Å². The van der Waals surface area contributed by atoms with Crippen molar-refractivity contribution in [1.82, 2.24) is 14.6 Å². The number of hydrogen-bond acceptors (Lipinski definition) is 3. The smallest absolute Gasteiger partial charge is 0.154 e. The van der Waals surface area contributed by atoms with Crippen molar-refractivity contribution in [3.05, 3.63) is 40.5 Å². The molecule has 3 aromatic heterocycles. The Hall–Kier alpha value is -1.39. The van der Waals surface area contributed by atoms with E-state index in [-0.39, 0.29) is 0 Å². The molecule has 3 aromatic rings. The van der Waals surface area contributed by atoms with E-state index in [2.05, 4.69) is 29.1 Å². The Kier molecular flexibility index (Phi) is 2.19. The molecule has 0 saturated carbocycles. The van der Waals surface area contributed by atoms with Crippen molar-refractivity contribution in [1.29, 1.82) is 0 Å². The molecule has 0 spiro atoms. The van der Waals surface area contributed by atoms with E-state index in [0.29, 0.717) is 5.15 Å². The van der Waals surface area contributed by atoms with Crippen molar-refractivity contribution in [2.75, 3.05) is 0 Å². The van der Waals surface area contributed by atoms with Crippen LogP contribution in [0.2, 0.25) is 5.15 Å². The number of halogens is 1. The summed E-state index contributed by atoms with van der Waals surface area (Å²) in [6.07, 6.45) is 1.82. The molecule has 0 saturated heterocycles. The van der Waals surface area contributed by atoms with Gasteiger partial charge >= 0.3 is 0 Å². The van der Waals surface area contributed by atoms with Crippen molar-refractivity contribution in [3.63, 3.8) is 0 Å². The molecule has 0 bridgehead atoms. The molecule has 5 heteroatoms. The van der Waals surface area contributed by atoms with Gasteiger partial charge in [-0.15, -0.1) is 11.3 Å². The number of thiophene rings is 1. The molecule has 0 radical (unpaired) electrons. The number of nitrogens with zero attached hydrogens (tertiary/aromatic N) is 3. The maximum Gasteiger partial charge on any atom is 0.154 e. The largest absolute Gasteiger partial charge is 0.235 e. The summed E-state index contributed by atoms with van der Waals surface area (Å²) in [4.78, 5) is 6.72. The Morgan fingerprint density at radius 3 is 2.88 bits per heavy atom. The van der Waals surface area contributed by atoms with Crippen LogP contribution in [0.5, 0.6) is 0 Å². The molecular formula is C11H8ClN3S. The number of fused-ring (bicyclic) bond motifs is 1. The lowest BCUT2D eigenvalue weighted by Gasteiger charge is -1.97. The minimum atomic E-state index is 0.472. The van der Waals surface area contributed by atoms with Gasteiger partial charge in [0.1, 0.15) is 10.8 Å². The molecule has 0 fully saturated rings. The zero-order valence-electron chi connectivity index (χ0n) is 8.51. The Bertz CT molecular complexity index is 656. The Morgan fingerprint density at radius 2 is 2.12 bits per heavy atom. The molecule has 0 aliphatic heterocycles. The monoisotopic (exact) mass is 249 g/mol. The van der Waals surface area contributed by atoms with E-state index < -0.39 is 0 Å². The van der Waals surface area contributed by atoms with Crippen molar-refractivity contribution in [2.45, 2.75) is 6.92 Å². The molecule has 3 nitrogen and oxygen atoms in total. The van der Waals surface area contributed by atoms with Crippen molar-refractivity contribution >= 4 is 28.6 Å². The second-order valence-corrected chi connectivity index (χ2v) is 5.15. The van der Waals surface area contributed by atoms with Gasteiger partial charge in [-0.2, -0.15) is 5.10 Å². The van der Waals surface area contributed by atoms with Crippen LogP contribution in [0.4, 0.5) is 0 Å². The van der Waals surface area contributed by atoms with Crippen molar-refractivity contribution in [2.24, 2.45) is 0 Å². The second kappa shape index (κ2) is 3.57. The van der Waals surface area contributed by atoms with Crippen LogP contribution in [0.3, 0.4) is 0 Å². The van der Waals surface area contributed by atoms with Gasteiger partial charge in [0.25, 0.3) is 0 Å². The fourth-order valence-electron chi connectivity index (χ4n) is 1.59. The minimum absolute atomic E-state index is 0.472. The van der Waals surface area contributed by atoms with Crippen LogP contribution < -0.4 is 0 Å². The third-order valence-corrected chi connectivity index (χ3v) is 3.55. The lowest BCUT2D eigenvalue weighted by atomic mass is 10.3. The van der Waals surface area contributed by atoms with Gasteiger partial charge in [-0.05, 0) is 31.2 Å². The minimum Gasteiger partial charge on any atom is -0.235 e. The molecule has 3 rings (SSSR count). The van der Waals surface area contributed by atoms with Crippen LogP contribution in [-0.4, -0.2) is 14.6 Å². The first-order chi connectivity index (χ1) is 7.74. The average molecular weight is 250 g/mol. The molecule has 0 aromatic carbocycles. The van der Waals surface area contributed by atoms with Gasteiger partial charge in [0, 0.05) is 4.88 Å². The first kappa shape index (κ1) is 9.81. The molecule has 0 atom stereocenters. The zero-order chi connectivity index (χ0) is 11.1. The molecular weight excluding hydrogens is 242 g/mol. The van der Waals surface area contributed by atoms with Gasteiger partial charge < -0.3 is 0 Å². The van der Waals surface area contributed by atoms with Crippen LogP contribution in [-0.2, 0) is 0 Å². The lowest BCUT2D eigenvalue weighted by molar-refractivity contribution is 0.945. The van der Waals surface area contributed by atoms with E-state index >= 15 is 0 Å². The van der Waals surface area contributed by atoms with Crippen LogP contribution in [0.15, 0.2) is 30.5 Å². The highest BCUT2D eigenvalue weighted by atomic mass is 35.5. The summed E-state index contributed by atoms with van der Waals surface area (Å²) in [5, 5.41) is 4.72. The number of rotatable bonds is 1. The Labute approximate surface area is 101 Å². The molecule has 0 aliphatic carbocycles. The van der Waals surface area contributed by atoms with Gasteiger partial charge in [-0.1, -0.05) is 11.6 Å². The van der Waals surface area contributed by atoms with Gasteiger partial charge in [0.15, 0.2) is 5.65 Å². The Balaban J connectivity index is 2.27. The van der Waals surface area contributed by atoms with E-state index in [0.717, 1.165) is 16.2 Å². The summed E-state index contributed by atoms with van der Waals surface area (Å²) < 4.78 is 1.77. The van der Waals surface area contributed by atoms with Crippen LogP contribution >= 0.6 is 22.9 Å². The summed E-state index contributed by atoms with van der Waals surface area (Å²) in [6.45, 7) is 2.08. The van der Waals surface area contributed by atoms with Gasteiger partial charge in [0.05, 0.1) is 11.1 Å². The normalized spacial score (nSPS) is 11.1. The lowest BCUT2D eigenvalue weighted by Crippen LogP contribution is -1.92. The van der Waals surface area contributed by atoms with Crippen LogP contribution in [0.25, 0.3) is 16.2 Å². The molecule has 0 unspecified atom stereocenters. The second-order valence-electron chi connectivity index (χ2n) is 3.48. The summed E-state index contributed by atoms with van der Waals surface area (Å²) in [7, 11) is 0. The molecule has 0 amide bonds. The standard InChI is InChI=1S/C11H8ClN3S/c1-7-2-3-9(16-7)8-6-13-11-5-4-10(12)14-15(8)11/h2-6H,1H3. The van der Waals surface area contributed by atoms with Gasteiger partial charge in [-0.3, -0.25) is 0 Å². The summed E-state index contributed by atoms with van der Waals surface area (Å²) >= 11 is 7.61. The quantitative estimate of drug-likeness (QED) is 0.662. The molecule has 0 N–H and O–H groups in total. The predicted molar refractivity (Wildman–Crippen MR) is 66.0 cm³/mol. The third-order valence-electron chi connectivity index (χ3n) is 2.32. The Morgan fingerprint density at radius 1 is 1.25 bits per heavy atom. The van der Waals surface area contributed by atoms with Gasteiger partial charge in [-0.25, -0.2) is 9.50 Å². The number of aromatic nitrogens is 3. The fraction of sp³-hybridized carbons (Fsp3) is 0.0909. The average Bonchev–Trinajstić information content (AvgIpc) is 2.83. The zero-order valence-corrected chi connectivity index (χ0v) is 10.1. The SMILES string of the molecule is Cc1ccc(-c2cnc3ccc(Cl)nn23)s1. The summed E-state index contributed by atoms with van der Waals surface area (Å²) in [6, 6.07) is 7.77. The summed E-state index contributed by atoms with van der Waals surface area (Å²) in [5.74, 6) is 0. The van der Waals surface area contributed by atoms with E-state index in [1.165, 1.54) is 4.88 Å². The van der Waals surface area contributed by atoms with E-state index in [4.69, 9.17) is 11.6 Å². The highest BCUT2D eigenvalue weighted by molar-refractivity contribution is 7.15. The number of hydrogen-bond donors (Lipinski definition) is 0. The highest BCUT2D eigenvalue weighted by Gasteiger charge is 2.08. The predicted octanol–water partition coefficient (Wildman–Crippen LogP) is 3.42. The van der Waals surface area contributed by atoms with Crippen molar-refractivity contribution in [3.8, 4) is 10.6 Å². The fourth-order valence-corrected chi connectivity index (χ4v) is 2.59.